The molecule has 0 amide bonds. The van der Waals surface area contributed by atoms with Crippen LogP contribution < -0.4 is 0 Å². The van der Waals surface area contributed by atoms with E-state index in [1.807, 2.05) is 0 Å². The highest BCUT2D eigenvalue weighted by atomic mass is 16.7. The summed E-state index contributed by atoms with van der Waals surface area (Å²) in [5.74, 6) is 1.95. The molecule has 2 saturated carbocycles. The molecule has 3 atom stereocenters. The molecular weight excluding hydrogens is 188 g/mol. The fourth-order valence-electron chi connectivity index (χ4n) is 3.55. The Labute approximate surface area is 93.3 Å². The molecule has 0 aromatic rings. The van der Waals surface area contributed by atoms with E-state index < -0.39 is 0 Å². The van der Waals surface area contributed by atoms with Crippen molar-refractivity contribution < 1.29 is 9.47 Å². The largest absolute Gasteiger partial charge is 0.353 e. The summed E-state index contributed by atoms with van der Waals surface area (Å²) in [6.45, 7) is 6.86. The Hall–Kier alpha value is -0.0800. The van der Waals surface area contributed by atoms with Gasteiger partial charge in [0, 0.05) is 20.1 Å². The molecule has 2 heteroatoms. The van der Waals surface area contributed by atoms with E-state index in [1.54, 1.807) is 14.2 Å². The zero-order valence-electron chi connectivity index (χ0n) is 10.7. The van der Waals surface area contributed by atoms with Crippen molar-refractivity contribution in [3.8, 4) is 0 Å². The lowest BCUT2D eigenvalue weighted by Gasteiger charge is -2.28. The Balaban J connectivity index is 2.05. The molecule has 2 aliphatic carbocycles. The molecule has 2 unspecified atom stereocenters. The molecule has 0 spiro atoms. The Morgan fingerprint density at radius 1 is 1.13 bits per heavy atom. The Morgan fingerprint density at radius 3 is 2.20 bits per heavy atom. The number of rotatable bonds is 3. The molecule has 2 rings (SSSR count). The van der Waals surface area contributed by atoms with Crippen LogP contribution in [0.4, 0.5) is 0 Å². The average Bonchev–Trinajstić information content (AvgIpc) is 2.88. The number of fused-ring (bicyclic) bond motifs is 1. The van der Waals surface area contributed by atoms with Crippen molar-refractivity contribution in [1.29, 1.82) is 0 Å². The minimum Gasteiger partial charge on any atom is -0.353 e. The quantitative estimate of drug-likeness (QED) is 0.669. The zero-order chi connectivity index (χ0) is 11.3. The van der Waals surface area contributed by atoms with Crippen molar-refractivity contribution in [2.75, 3.05) is 14.2 Å². The lowest BCUT2D eigenvalue weighted by atomic mass is 9.78. The van der Waals surface area contributed by atoms with E-state index in [4.69, 9.17) is 9.47 Å². The van der Waals surface area contributed by atoms with Crippen LogP contribution >= 0.6 is 0 Å². The molecule has 2 nitrogen and oxygen atoms in total. The summed E-state index contributed by atoms with van der Waals surface area (Å²) < 4.78 is 11.1. The second-order valence-electron chi connectivity index (χ2n) is 6.18. The Morgan fingerprint density at radius 2 is 1.73 bits per heavy atom. The van der Waals surface area contributed by atoms with E-state index in [0.29, 0.717) is 11.3 Å². The van der Waals surface area contributed by atoms with Gasteiger partial charge in [0.15, 0.2) is 5.79 Å². The Bertz CT molecular complexity index is 243. The lowest BCUT2D eigenvalue weighted by Crippen LogP contribution is -2.33. The summed E-state index contributed by atoms with van der Waals surface area (Å²) in [7, 11) is 3.53. The number of methoxy groups -OCH3 is 2. The van der Waals surface area contributed by atoms with Gasteiger partial charge >= 0.3 is 0 Å². The highest BCUT2D eigenvalue weighted by molar-refractivity contribution is 5.07. The van der Waals surface area contributed by atoms with Crippen molar-refractivity contribution in [3.05, 3.63) is 0 Å². The van der Waals surface area contributed by atoms with Gasteiger partial charge in [0.05, 0.1) is 0 Å². The van der Waals surface area contributed by atoms with E-state index in [2.05, 4.69) is 20.8 Å². The predicted molar refractivity (Wildman–Crippen MR) is 60.5 cm³/mol. The van der Waals surface area contributed by atoms with Gasteiger partial charge in [-0.05, 0) is 43.4 Å². The Kier molecular flexibility index (Phi) is 2.63. The summed E-state index contributed by atoms with van der Waals surface area (Å²) in [4.78, 5) is 0. The van der Waals surface area contributed by atoms with Crippen molar-refractivity contribution in [3.63, 3.8) is 0 Å². The first-order valence-corrected chi connectivity index (χ1v) is 6.04. The number of hydrogen-bond acceptors (Lipinski definition) is 2. The monoisotopic (exact) mass is 212 g/mol. The summed E-state index contributed by atoms with van der Waals surface area (Å²) in [6, 6.07) is 0. The van der Waals surface area contributed by atoms with Gasteiger partial charge in [0.1, 0.15) is 0 Å². The van der Waals surface area contributed by atoms with Gasteiger partial charge in [-0.15, -0.1) is 0 Å². The van der Waals surface area contributed by atoms with Gasteiger partial charge < -0.3 is 9.47 Å². The highest BCUT2D eigenvalue weighted by Gasteiger charge is 2.62. The molecule has 0 aromatic carbocycles. The van der Waals surface area contributed by atoms with Crippen LogP contribution in [0, 0.1) is 23.2 Å². The van der Waals surface area contributed by atoms with Crippen LogP contribution in [0.25, 0.3) is 0 Å². The fraction of sp³-hybridized carbons (Fsp3) is 1.00. The van der Waals surface area contributed by atoms with E-state index in [1.165, 1.54) is 19.3 Å². The maximum absolute atomic E-state index is 5.55. The minimum atomic E-state index is -0.351. The first kappa shape index (κ1) is 11.4. The molecule has 0 N–H and O–H groups in total. The third kappa shape index (κ3) is 1.83. The summed E-state index contributed by atoms with van der Waals surface area (Å²) >= 11 is 0. The highest BCUT2D eigenvalue weighted by Crippen LogP contribution is 2.64. The van der Waals surface area contributed by atoms with Crippen molar-refractivity contribution in [1.82, 2.24) is 0 Å². The van der Waals surface area contributed by atoms with Gasteiger partial charge in [-0.25, -0.2) is 0 Å². The predicted octanol–water partition coefficient (Wildman–Crippen LogP) is 3.07. The normalized spacial score (nSPS) is 38.6. The van der Waals surface area contributed by atoms with Crippen LogP contribution in [-0.4, -0.2) is 20.0 Å². The molecule has 0 aromatic heterocycles. The van der Waals surface area contributed by atoms with Crippen LogP contribution in [0.5, 0.6) is 0 Å². The van der Waals surface area contributed by atoms with Gasteiger partial charge in [-0.2, -0.15) is 0 Å². The van der Waals surface area contributed by atoms with Gasteiger partial charge in [-0.3, -0.25) is 0 Å². The molecule has 0 bridgehead atoms. The maximum atomic E-state index is 5.55. The summed E-state index contributed by atoms with van der Waals surface area (Å²) in [5.41, 5.74) is 0.526. The first-order chi connectivity index (χ1) is 6.93. The van der Waals surface area contributed by atoms with Crippen LogP contribution in [-0.2, 0) is 9.47 Å². The molecule has 0 aliphatic heterocycles. The van der Waals surface area contributed by atoms with Crippen LogP contribution in [0.3, 0.4) is 0 Å². The summed E-state index contributed by atoms with van der Waals surface area (Å²) in [6.07, 6.45) is 4.05. The van der Waals surface area contributed by atoms with Gasteiger partial charge in [-0.1, -0.05) is 13.8 Å². The molecular formula is C13H24O2. The SMILES string of the molecule is COC(C)(OC)C1C2CCC(C)(C)C[C@@H]21. The molecule has 0 radical (unpaired) electrons. The second kappa shape index (κ2) is 3.46. The minimum absolute atomic E-state index is 0.351. The fourth-order valence-corrected chi connectivity index (χ4v) is 3.55. The first-order valence-electron chi connectivity index (χ1n) is 6.04. The smallest absolute Gasteiger partial charge is 0.168 e. The van der Waals surface area contributed by atoms with Crippen molar-refractivity contribution in [2.24, 2.45) is 23.2 Å². The van der Waals surface area contributed by atoms with E-state index >= 15 is 0 Å². The molecule has 2 fully saturated rings. The molecule has 15 heavy (non-hydrogen) atoms. The van der Waals surface area contributed by atoms with Crippen LogP contribution in [0.2, 0.25) is 0 Å². The molecule has 0 saturated heterocycles. The standard InChI is InChI=1S/C13H24O2/c1-12(2)7-6-9-10(8-12)11(9)13(3,14-4)15-5/h9-11H,6-8H2,1-5H3/t9?,10-,11?/m0/s1. The second-order valence-corrected chi connectivity index (χ2v) is 6.18. The number of hydrogen-bond donors (Lipinski definition) is 0. The van der Waals surface area contributed by atoms with Gasteiger partial charge in [0.25, 0.3) is 0 Å². The van der Waals surface area contributed by atoms with E-state index in [0.717, 1.165) is 11.8 Å². The van der Waals surface area contributed by atoms with E-state index in [9.17, 15) is 0 Å². The average molecular weight is 212 g/mol. The molecule has 2 aliphatic rings. The van der Waals surface area contributed by atoms with Crippen LogP contribution in [0.15, 0.2) is 0 Å². The van der Waals surface area contributed by atoms with Crippen molar-refractivity contribution in [2.45, 2.75) is 45.8 Å². The lowest BCUT2D eigenvalue weighted by molar-refractivity contribution is -0.212. The summed E-state index contributed by atoms with van der Waals surface area (Å²) in [5, 5.41) is 0. The molecule has 88 valence electrons. The third-order valence-electron chi connectivity index (χ3n) is 4.69. The third-order valence-corrected chi connectivity index (χ3v) is 4.69. The molecule has 0 heterocycles. The van der Waals surface area contributed by atoms with Gasteiger partial charge in [0.2, 0.25) is 0 Å². The maximum Gasteiger partial charge on any atom is 0.168 e. The zero-order valence-corrected chi connectivity index (χ0v) is 10.7. The van der Waals surface area contributed by atoms with Crippen LogP contribution in [0.1, 0.15) is 40.0 Å². The van der Waals surface area contributed by atoms with Crippen molar-refractivity contribution >= 4 is 0 Å². The topological polar surface area (TPSA) is 18.5 Å². The van der Waals surface area contributed by atoms with E-state index in [-0.39, 0.29) is 5.79 Å². The number of ether oxygens (including phenoxy) is 2.